The van der Waals surface area contributed by atoms with Gasteiger partial charge in [0.15, 0.2) is 0 Å². The number of nitrogen functional groups attached to an aromatic ring is 1. The maximum atomic E-state index is 10.9. The van der Waals surface area contributed by atoms with E-state index in [0.29, 0.717) is 30.3 Å². The van der Waals surface area contributed by atoms with Crippen LogP contribution in [0.3, 0.4) is 0 Å². The molecule has 1 unspecified atom stereocenters. The number of nitrogens with zero attached hydrogens (tertiary/aromatic N) is 3. The third-order valence-corrected chi connectivity index (χ3v) is 5.58. The molecular formula is C19H25N5O2. The number of pyridine rings is 1. The third-order valence-electron chi connectivity index (χ3n) is 5.58. The average Bonchev–Trinajstić information content (AvgIpc) is 2.69. The molecular weight excluding hydrogens is 330 g/mol. The van der Waals surface area contributed by atoms with Gasteiger partial charge in [0, 0.05) is 42.4 Å². The molecule has 1 aliphatic carbocycles. The number of carbonyl (C=O) groups is 1. The largest absolute Gasteiger partial charge is 0.383 e. The van der Waals surface area contributed by atoms with Crippen LogP contribution in [0.25, 0.3) is 10.9 Å². The normalized spacial score (nSPS) is 26.5. The zero-order valence-electron chi connectivity index (χ0n) is 14.9. The summed E-state index contributed by atoms with van der Waals surface area (Å²) in [6, 6.07) is 0.310. The van der Waals surface area contributed by atoms with Crippen molar-refractivity contribution in [1.29, 1.82) is 0 Å². The van der Waals surface area contributed by atoms with Crippen LogP contribution in [0.2, 0.25) is 0 Å². The lowest BCUT2D eigenvalue weighted by Gasteiger charge is -2.26. The minimum Gasteiger partial charge on any atom is -0.383 e. The summed E-state index contributed by atoms with van der Waals surface area (Å²) >= 11 is 0. The third kappa shape index (κ3) is 3.49. The van der Waals surface area contributed by atoms with Crippen molar-refractivity contribution in [2.75, 3.05) is 24.3 Å². The van der Waals surface area contributed by atoms with Crippen LogP contribution in [0.1, 0.15) is 50.0 Å². The molecule has 7 heteroatoms. The smallest absolute Gasteiger partial charge is 0.223 e. The van der Waals surface area contributed by atoms with Crippen molar-refractivity contribution in [3.63, 3.8) is 0 Å². The summed E-state index contributed by atoms with van der Waals surface area (Å²) in [4.78, 5) is 24.5. The highest BCUT2D eigenvalue weighted by atomic mass is 16.5. The van der Waals surface area contributed by atoms with Crippen LogP contribution < -0.4 is 11.1 Å². The topological polar surface area (TPSA) is 103 Å². The van der Waals surface area contributed by atoms with Crippen LogP contribution in [0, 0.1) is 5.92 Å². The van der Waals surface area contributed by atoms with Gasteiger partial charge < -0.3 is 20.6 Å². The Labute approximate surface area is 152 Å². The van der Waals surface area contributed by atoms with Crippen LogP contribution in [0.15, 0.2) is 12.4 Å². The first-order valence-electron chi connectivity index (χ1n) is 9.45. The van der Waals surface area contributed by atoms with Gasteiger partial charge in [-0.15, -0.1) is 0 Å². The number of aromatic nitrogens is 3. The van der Waals surface area contributed by atoms with Gasteiger partial charge in [-0.05, 0) is 38.5 Å². The van der Waals surface area contributed by atoms with Crippen LogP contribution >= 0.6 is 0 Å². The van der Waals surface area contributed by atoms with E-state index in [1.165, 1.54) is 0 Å². The Hall–Kier alpha value is -2.28. The SMILES string of the molecule is Nc1ncc(C2CCCOC2)c2nc(NC3CCC(C=O)CC3)ncc12. The van der Waals surface area contributed by atoms with E-state index in [1.807, 2.05) is 6.20 Å². The molecule has 4 rings (SSSR count). The number of aldehydes is 1. The molecule has 138 valence electrons. The average molecular weight is 355 g/mol. The first kappa shape index (κ1) is 17.1. The predicted molar refractivity (Wildman–Crippen MR) is 100.0 cm³/mol. The molecule has 3 heterocycles. The molecule has 2 aromatic heterocycles. The molecule has 0 bridgehead atoms. The quantitative estimate of drug-likeness (QED) is 0.813. The number of carbonyl (C=O) groups excluding carboxylic acids is 1. The second-order valence-corrected chi connectivity index (χ2v) is 7.36. The zero-order valence-corrected chi connectivity index (χ0v) is 14.9. The molecule has 3 N–H and O–H groups in total. The van der Waals surface area contributed by atoms with Crippen LogP contribution in [-0.2, 0) is 9.53 Å². The van der Waals surface area contributed by atoms with Gasteiger partial charge in [-0.1, -0.05) is 0 Å². The first-order chi connectivity index (χ1) is 12.7. The number of nitrogens with two attached hydrogens (primary N) is 1. The minimum atomic E-state index is 0.203. The molecule has 0 radical (unpaired) electrons. The van der Waals surface area contributed by atoms with Gasteiger partial charge in [0.1, 0.15) is 12.1 Å². The summed E-state index contributed by atoms with van der Waals surface area (Å²) < 4.78 is 5.64. The Bertz CT molecular complexity index is 783. The van der Waals surface area contributed by atoms with E-state index in [0.717, 1.165) is 67.9 Å². The van der Waals surface area contributed by atoms with Gasteiger partial charge in [0.25, 0.3) is 0 Å². The predicted octanol–water partition coefficient (Wildman–Crippen LogP) is 2.67. The lowest BCUT2D eigenvalue weighted by atomic mass is 9.87. The van der Waals surface area contributed by atoms with Crippen LogP contribution in [-0.4, -0.2) is 40.5 Å². The van der Waals surface area contributed by atoms with Gasteiger partial charge in [-0.3, -0.25) is 0 Å². The summed E-state index contributed by atoms with van der Waals surface area (Å²) in [6.07, 6.45) is 10.6. The lowest BCUT2D eigenvalue weighted by molar-refractivity contribution is -0.111. The summed E-state index contributed by atoms with van der Waals surface area (Å²) in [5.41, 5.74) is 8.00. The number of rotatable bonds is 4. The standard InChI is InChI=1S/C19H25N5O2/c20-18-16-9-22-19(23-14-5-3-12(10-25)4-6-14)24-17(16)15(8-21-18)13-2-1-7-26-11-13/h8-10,12-14H,1-7,11H2,(H2,20,21)(H,22,23,24). The van der Waals surface area contributed by atoms with E-state index in [1.54, 1.807) is 6.20 Å². The Balaban J connectivity index is 1.59. The monoisotopic (exact) mass is 355 g/mol. The molecule has 0 amide bonds. The number of hydrogen-bond donors (Lipinski definition) is 2. The van der Waals surface area contributed by atoms with Gasteiger partial charge in [-0.25, -0.2) is 15.0 Å². The highest BCUT2D eigenvalue weighted by molar-refractivity contribution is 5.90. The number of anilines is 2. The van der Waals surface area contributed by atoms with Crippen molar-refractivity contribution >= 4 is 29.0 Å². The molecule has 0 spiro atoms. The van der Waals surface area contributed by atoms with Crippen molar-refractivity contribution < 1.29 is 9.53 Å². The van der Waals surface area contributed by atoms with Gasteiger partial charge in [0.2, 0.25) is 5.95 Å². The van der Waals surface area contributed by atoms with Crippen molar-refractivity contribution in [2.45, 2.75) is 50.5 Å². The lowest BCUT2D eigenvalue weighted by Crippen LogP contribution is -2.27. The summed E-state index contributed by atoms with van der Waals surface area (Å²) in [5.74, 6) is 1.58. The van der Waals surface area contributed by atoms with E-state index >= 15 is 0 Å². The van der Waals surface area contributed by atoms with Crippen molar-refractivity contribution in [2.24, 2.45) is 5.92 Å². The second kappa shape index (κ2) is 7.53. The molecule has 0 aromatic carbocycles. The Kier molecular flexibility index (Phi) is 4.97. The highest BCUT2D eigenvalue weighted by Gasteiger charge is 2.23. The molecule has 26 heavy (non-hydrogen) atoms. The van der Waals surface area contributed by atoms with E-state index in [4.69, 9.17) is 15.5 Å². The first-order valence-corrected chi connectivity index (χ1v) is 9.45. The van der Waals surface area contributed by atoms with E-state index in [2.05, 4.69) is 15.3 Å². The highest BCUT2D eigenvalue weighted by Crippen LogP contribution is 2.32. The number of ether oxygens (including phenoxy) is 1. The number of fused-ring (bicyclic) bond motifs is 1. The molecule has 2 aromatic rings. The van der Waals surface area contributed by atoms with Gasteiger partial charge in [0.05, 0.1) is 17.5 Å². The fraction of sp³-hybridized carbons (Fsp3) is 0.579. The summed E-state index contributed by atoms with van der Waals surface area (Å²) in [7, 11) is 0. The Morgan fingerprint density at radius 2 is 2.00 bits per heavy atom. The maximum absolute atomic E-state index is 10.9. The second-order valence-electron chi connectivity index (χ2n) is 7.36. The van der Waals surface area contributed by atoms with E-state index in [9.17, 15) is 4.79 Å². The maximum Gasteiger partial charge on any atom is 0.223 e. The molecule has 1 atom stereocenters. The van der Waals surface area contributed by atoms with Crippen molar-refractivity contribution in [3.05, 3.63) is 18.0 Å². The fourth-order valence-corrected chi connectivity index (χ4v) is 4.00. The van der Waals surface area contributed by atoms with Crippen molar-refractivity contribution in [1.82, 2.24) is 15.0 Å². The zero-order chi connectivity index (χ0) is 17.9. The Morgan fingerprint density at radius 1 is 1.15 bits per heavy atom. The minimum absolute atomic E-state index is 0.203. The molecule has 7 nitrogen and oxygen atoms in total. The summed E-state index contributed by atoms with van der Waals surface area (Å²) in [6.45, 7) is 1.52. The molecule has 1 saturated heterocycles. The molecule has 1 saturated carbocycles. The molecule has 2 fully saturated rings. The fourth-order valence-electron chi connectivity index (χ4n) is 4.00. The summed E-state index contributed by atoms with van der Waals surface area (Å²) in [5, 5.41) is 4.23. The number of hydrogen-bond acceptors (Lipinski definition) is 7. The molecule has 1 aliphatic heterocycles. The van der Waals surface area contributed by atoms with Gasteiger partial charge >= 0.3 is 0 Å². The van der Waals surface area contributed by atoms with Crippen molar-refractivity contribution in [3.8, 4) is 0 Å². The van der Waals surface area contributed by atoms with Crippen LogP contribution in [0.4, 0.5) is 11.8 Å². The number of nitrogens with one attached hydrogen (secondary N) is 1. The Morgan fingerprint density at radius 3 is 2.73 bits per heavy atom. The van der Waals surface area contributed by atoms with Crippen LogP contribution in [0.5, 0.6) is 0 Å². The van der Waals surface area contributed by atoms with E-state index in [-0.39, 0.29) is 5.92 Å². The van der Waals surface area contributed by atoms with E-state index < -0.39 is 0 Å². The van der Waals surface area contributed by atoms with Gasteiger partial charge in [-0.2, -0.15) is 0 Å². The molecule has 2 aliphatic rings.